The van der Waals surface area contributed by atoms with Crippen LogP contribution in [-0.2, 0) is 6.54 Å². The summed E-state index contributed by atoms with van der Waals surface area (Å²) in [6.45, 7) is 0.626. The van der Waals surface area contributed by atoms with Crippen molar-refractivity contribution in [3.05, 3.63) is 63.1 Å². The van der Waals surface area contributed by atoms with Gasteiger partial charge in [0.25, 0.3) is 0 Å². The number of nitrogens with zero attached hydrogens (tertiary/aromatic N) is 1. The Morgan fingerprint density at radius 1 is 1.22 bits per heavy atom. The van der Waals surface area contributed by atoms with Crippen molar-refractivity contribution in [2.24, 2.45) is 0 Å². The molecule has 18 heavy (non-hydrogen) atoms. The van der Waals surface area contributed by atoms with Crippen LogP contribution in [0.4, 0.5) is 5.69 Å². The van der Waals surface area contributed by atoms with Crippen molar-refractivity contribution in [1.82, 2.24) is 0 Å². The maximum absolute atomic E-state index is 8.82. The average Bonchev–Trinajstić information content (AvgIpc) is 2.38. The summed E-state index contributed by atoms with van der Waals surface area (Å²) in [5.74, 6) is 0. The predicted molar refractivity (Wildman–Crippen MR) is 77.6 cm³/mol. The molecule has 0 amide bonds. The lowest BCUT2D eigenvalue weighted by Crippen LogP contribution is -2.00. The minimum atomic E-state index is 0.626. The zero-order valence-electron chi connectivity index (χ0n) is 9.45. The Balaban J connectivity index is 2.09. The van der Waals surface area contributed by atoms with Gasteiger partial charge in [-0.15, -0.1) is 0 Å². The summed E-state index contributed by atoms with van der Waals surface area (Å²) in [4.78, 5) is 0. The second-order valence-electron chi connectivity index (χ2n) is 3.78. The van der Waals surface area contributed by atoms with Crippen LogP contribution in [0.2, 0.25) is 5.02 Å². The van der Waals surface area contributed by atoms with Gasteiger partial charge < -0.3 is 5.32 Å². The first kappa shape index (κ1) is 12.9. The Morgan fingerprint density at radius 2 is 2.06 bits per heavy atom. The number of nitriles is 1. The van der Waals surface area contributed by atoms with Crippen LogP contribution in [0.3, 0.4) is 0 Å². The summed E-state index contributed by atoms with van der Waals surface area (Å²) < 4.78 is 0.961. The molecule has 2 nitrogen and oxygen atoms in total. The van der Waals surface area contributed by atoms with E-state index < -0.39 is 0 Å². The smallest absolute Gasteiger partial charge is 0.0992 e. The molecule has 0 aliphatic rings. The van der Waals surface area contributed by atoms with Crippen LogP contribution in [-0.4, -0.2) is 0 Å². The molecule has 2 aromatic rings. The molecule has 1 N–H and O–H groups in total. The number of hydrogen-bond donors (Lipinski definition) is 1. The highest BCUT2D eigenvalue weighted by Crippen LogP contribution is 2.22. The third kappa shape index (κ3) is 3.25. The molecule has 0 spiro atoms. The standard InChI is InChI=1S/C14H10BrClN2/c15-12-5-4-11(14(16)7-12)9-18-13-3-1-2-10(6-13)8-17/h1-7,18H,9H2. The normalized spacial score (nSPS) is 9.83. The van der Waals surface area contributed by atoms with Gasteiger partial charge in [0.05, 0.1) is 11.6 Å². The summed E-state index contributed by atoms with van der Waals surface area (Å²) >= 11 is 9.50. The van der Waals surface area contributed by atoms with E-state index in [1.807, 2.05) is 36.4 Å². The van der Waals surface area contributed by atoms with Crippen molar-refractivity contribution in [3.63, 3.8) is 0 Å². The van der Waals surface area contributed by atoms with E-state index in [-0.39, 0.29) is 0 Å². The minimum absolute atomic E-state index is 0.626. The first-order valence-electron chi connectivity index (χ1n) is 5.37. The molecule has 0 radical (unpaired) electrons. The van der Waals surface area contributed by atoms with Gasteiger partial charge in [-0.1, -0.05) is 39.7 Å². The van der Waals surface area contributed by atoms with Crippen molar-refractivity contribution in [3.8, 4) is 6.07 Å². The monoisotopic (exact) mass is 320 g/mol. The van der Waals surface area contributed by atoms with Crippen molar-refractivity contribution in [2.45, 2.75) is 6.54 Å². The topological polar surface area (TPSA) is 35.8 Å². The van der Waals surface area contributed by atoms with E-state index in [1.54, 1.807) is 6.07 Å². The first-order chi connectivity index (χ1) is 8.69. The van der Waals surface area contributed by atoms with Crippen molar-refractivity contribution in [2.75, 3.05) is 5.32 Å². The lowest BCUT2D eigenvalue weighted by atomic mass is 10.2. The number of benzene rings is 2. The van der Waals surface area contributed by atoms with E-state index in [2.05, 4.69) is 27.3 Å². The highest BCUT2D eigenvalue weighted by Gasteiger charge is 2.01. The lowest BCUT2D eigenvalue weighted by Gasteiger charge is -2.08. The van der Waals surface area contributed by atoms with E-state index in [0.29, 0.717) is 17.1 Å². The van der Waals surface area contributed by atoms with Crippen molar-refractivity contribution >= 4 is 33.2 Å². The zero-order valence-corrected chi connectivity index (χ0v) is 11.8. The zero-order chi connectivity index (χ0) is 13.0. The molecular weight excluding hydrogens is 312 g/mol. The van der Waals surface area contributed by atoms with Crippen LogP contribution in [0.5, 0.6) is 0 Å². The van der Waals surface area contributed by atoms with Gasteiger partial charge in [0.15, 0.2) is 0 Å². The number of hydrogen-bond acceptors (Lipinski definition) is 2. The molecule has 2 rings (SSSR count). The molecule has 0 saturated carbocycles. The summed E-state index contributed by atoms with van der Waals surface area (Å²) in [6, 6.07) is 15.3. The van der Waals surface area contributed by atoms with E-state index in [1.165, 1.54) is 0 Å². The van der Waals surface area contributed by atoms with Crippen LogP contribution in [0, 0.1) is 11.3 Å². The Bertz CT molecular complexity index is 605. The summed E-state index contributed by atoms with van der Waals surface area (Å²) in [6.07, 6.45) is 0. The van der Waals surface area contributed by atoms with Gasteiger partial charge in [0.2, 0.25) is 0 Å². The van der Waals surface area contributed by atoms with Crippen LogP contribution in [0.1, 0.15) is 11.1 Å². The van der Waals surface area contributed by atoms with Gasteiger partial charge in [-0.2, -0.15) is 5.26 Å². The highest BCUT2D eigenvalue weighted by molar-refractivity contribution is 9.10. The van der Waals surface area contributed by atoms with Crippen molar-refractivity contribution in [1.29, 1.82) is 5.26 Å². The maximum Gasteiger partial charge on any atom is 0.0992 e. The predicted octanol–water partition coefficient (Wildman–Crippen LogP) is 4.59. The van der Waals surface area contributed by atoms with Gasteiger partial charge in [0, 0.05) is 21.7 Å². The first-order valence-corrected chi connectivity index (χ1v) is 6.54. The third-order valence-electron chi connectivity index (χ3n) is 2.49. The Labute approximate surface area is 119 Å². The van der Waals surface area contributed by atoms with Crippen LogP contribution in [0.15, 0.2) is 46.9 Å². The quantitative estimate of drug-likeness (QED) is 0.897. The number of halogens is 2. The molecule has 2 aromatic carbocycles. The van der Waals surface area contributed by atoms with Gasteiger partial charge in [-0.05, 0) is 35.9 Å². The fourth-order valence-electron chi connectivity index (χ4n) is 1.56. The van der Waals surface area contributed by atoms with Crippen LogP contribution in [0.25, 0.3) is 0 Å². The number of anilines is 1. The van der Waals surface area contributed by atoms with Crippen LogP contribution < -0.4 is 5.32 Å². The lowest BCUT2D eigenvalue weighted by molar-refractivity contribution is 1.15. The molecule has 4 heteroatoms. The third-order valence-corrected chi connectivity index (χ3v) is 3.33. The molecule has 0 bridgehead atoms. The second-order valence-corrected chi connectivity index (χ2v) is 5.10. The largest absolute Gasteiger partial charge is 0.381 e. The fourth-order valence-corrected chi connectivity index (χ4v) is 2.30. The van der Waals surface area contributed by atoms with Gasteiger partial charge in [-0.25, -0.2) is 0 Å². The van der Waals surface area contributed by atoms with E-state index in [0.717, 1.165) is 15.7 Å². The minimum Gasteiger partial charge on any atom is -0.381 e. The number of rotatable bonds is 3. The van der Waals surface area contributed by atoms with Gasteiger partial charge in [0.1, 0.15) is 0 Å². The summed E-state index contributed by atoms with van der Waals surface area (Å²) in [7, 11) is 0. The molecule has 0 aliphatic carbocycles. The molecule has 0 fully saturated rings. The Kier molecular flexibility index (Phi) is 4.24. The molecule has 0 aromatic heterocycles. The maximum atomic E-state index is 8.82. The molecule has 0 heterocycles. The van der Waals surface area contributed by atoms with E-state index in [9.17, 15) is 0 Å². The fraction of sp³-hybridized carbons (Fsp3) is 0.0714. The Hall–Kier alpha value is -1.50. The molecule has 90 valence electrons. The Morgan fingerprint density at radius 3 is 2.78 bits per heavy atom. The van der Waals surface area contributed by atoms with Gasteiger partial charge >= 0.3 is 0 Å². The average molecular weight is 322 g/mol. The van der Waals surface area contributed by atoms with Crippen LogP contribution >= 0.6 is 27.5 Å². The number of nitrogens with one attached hydrogen (secondary N) is 1. The molecule has 0 atom stereocenters. The molecular formula is C14H10BrClN2. The highest BCUT2D eigenvalue weighted by atomic mass is 79.9. The van der Waals surface area contributed by atoms with Gasteiger partial charge in [-0.3, -0.25) is 0 Å². The summed E-state index contributed by atoms with van der Waals surface area (Å²) in [5, 5.41) is 12.8. The molecule has 0 unspecified atom stereocenters. The molecule has 0 aliphatic heterocycles. The van der Waals surface area contributed by atoms with Crippen molar-refractivity contribution < 1.29 is 0 Å². The molecule has 0 saturated heterocycles. The summed E-state index contributed by atoms with van der Waals surface area (Å²) in [5.41, 5.74) is 2.57. The van der Waals surface area contributed by atoms with E-state index in [4.69, 9.17) is 16.9 Å². The second kappa shape index (κ2) is 5.90. The SMILES string of the molecule is N#Cc1cccc(NCc2ccc(Br)cc2Cl)c1. The van der Waals surface area contributed by atoms with E-state index >= 15 is 0 Å².